The van der Waals surface area contributed by atoms with Gasteiger partial charge in [-0.05, 0) is 30.5 Å². The van der Waals surface area contributed by atoms with Crippen LogP contribution in [0.3, 0.4) is 0 Å². The number of amides is 4. The first-order valence-corrected chi connectivity index (χ1v) is 9.62. The molecule has 0 aromatic heterocycles. The predicted octanol–water partition coefficient (Wildman–Crippen LogP) is 1.31. The molecule has 3 aliphatic rings. The molecule has 8 heteroatoms. The standard InChI is InChI=1S/C19H23ClN4O3/c1-22-17(26)19(21-18(22)27)6-8-24(9-7-19)16(25)14-11-23(12-14)10-13-2-4-15(20)5-3-13/h2-5,14H,6-12H2,1H3,(H,21,27). The minimum atomic E-state index is -0.817. The number of carbonyl (C=O) groups excluding carboxylic acids is 3. The summed E-state index contributed by atoms with van der Waals surface area (Å²) in [4.78, 5) is 42.0. The highest BCUT2D eigenvalue weighted by atomic mass is 35.5. The van der Waals surface area contributed by atoms with Crippen LogP contribution in [0.15, 0.2) is 24.3 Å². The number of rotatable bonds is 3. The Morgan fingerprint density at radius 1 is 1.19 bits per heavy atom. The molecule has 4 rings (SSSR count). The lowest BCUT2D eigenvalue weighted by molar-refractivity contribution is -0.145. The Hall–Kier alpha value is -2.12. The van der Waals surface area contributed by atoms with Crippen LogP contribution >= 0.6 is 11.6 Å². The van der Waals surface area contributed by atoms with Crippen molar-refractivity contribution in [2.45, 2.75) is 24.9 Å². The molecule has 144 valence electrons. The molecule has 1 aromatic carbocycles. The molecule has 1 N–H and O–H groups in total. The summed E-state index contributed by atoms with van der Waals surface area (Å²) in [5, 5.41) is 3.53. The monoisotopic (exact) mass is 390 g/mol. The lowest BCUT2D eigenvalue weighted by Crippen LogP contribution is -2.59. The van der Waals surface area contributed by atoms with Gasteiger partial charge in [-0.25, -0.2) is 4.79 Å². The van der Waals surface area contributed by atoms with Crippen LogP contribution in [0.2, 0.25) is 5.02 Å². The van der Waals surface area contributed by atoms with E-state index in [0.29, 0.717) is 25.9 Å². The number of carbonyl (C=O) groups is 3. The van der Waals surface area contributed by atoms with E-state index >= 15 is 0 Å². The van der Waals surface area contributed by atoms with Gasteiger partial charge in [-0.15, -0.1) is 0 Å². The molecule has 7 nitrogen and oxygen atoms in total. The zero-order chi connectivity index (χ0) is 19.2. The molecule has 3 heterocycles. The zero-order valence-electron chi connectivity index (χ0n) is 15.3. The van der Waals surface area contributed by atoms with Crippen molar-refractivity contribution in [3.05, 3.63) is 34.9 Å². The van der Waals surface area contributed by atoms with E-state index in [4.69, 9.17) is 11.6 Å². The molecule has 0 aliphatic carbocycles. The highest BCUT2D eigenvalue weighted by molar-refractivity contribution is 6.30. The van der Waals surface area contributed by atoms with Crippen molar-refractivity contribution in [3.8, 4) is 0 Å². The fourth-order valence-electron chi connectivity index (χ4n) is 4.16. The van der Waals surface area contributed by atoms with Gasteiger partial charge in [0.05, 0.1) is 5.92 Å². The van der Waals surface area contributed by atoms with E-state index in [1.54, 1.807) is 0 Å². The molecule has 3 fully saturated rings. The van der Waals surface area contributed by atoms with Crippen LogP contribution < -0.4 is 5.32 Å². The highest BCUT2D eigenvalue weighted by Crippen LogP contribution is 2.30. The number of benzene rings is 1. The summed E-state index contributed by atoms with van der Waals surface area (Å²) >= 11 is 5.91. The highest BCUT2D eigenvalue weighted by Gasteiger charge is 2.52. The Morgan fingerprint density at radius 3 is 2.37 bits per heavy atom. The first kappa shape index (κ1) is 18.3. The number of halogens is 1. The second-order valence-corrected chi connectivity index (χ2v) is 8.16. The van der Waals surface area contributed by atoms with E-state index in [0.717, 1.165) is 29.6 Å². The van der Waals surface area contributed by atoms with E-state index in [2.05, 4.69) is 10.2 Å². The summed E-state index contributed by atoms with van der Waals surface area (Å²) in [7, 11) is 1.49. The minimum absolute atomic E-state index is 0.0166. The summed E-state index contributed by atoms with van der Waals surface area (Å²) < 4.78 is 0. The van der Waals surface area contributed by atoms with Crippen LogP contribution in [-0.4, -0.2) is 71.3 Å². The van der Waals surface area contributed by atoms with Gasteiger partial charge in [0.25, 0.3) is 5.91 Å². The van der Waals surface area contributed by atoms with Crippen LogP contribution in [0, 0.1) is 5.92 Å². The van der Waals surface area contributed by atoms with Crippen molar-refractivity contribution in [1.82, 2.24) is 20.0 Å². The molecule has 1 aromatic rings. The zero-order valence-corrected chi connectivity index (χ0v) is 16.0. The van der Waals surface area contributed by atoms with E-state index in [1.807, 2.05) is 29.2 Å². The normalized spacial score (nSPS) is 22.9. The smallest absolute Gasteiger partial charge is 0.324 e. The van der Waals surface area contributed by atoms with E-state index in [1.165, 1.54) is 12.6 Å². The number of urea groups is 1. The second kappa shape index (κ2) is 6.80. The number of hydrogen-bond acceptors (Lipinski definition) is 4. The van der Waals surface area contributed by atoms with E-state index in [-0.39, 0.29) is 23.8 Å². The average Bonchev–Trinajstić information content (AvgIpc) is 2.83. The van der Waals surface area contributed by atoms with Crippen LogP contribution in [0.5, 0.6) is 0 Å². The lowest BCUT2D eigenvalue weighted by atomic mass is 9.86. The van der Waals surface area contributed by atoms with E-state index < -0.39 is 5.54 Å². The Morgan fingerprint density at radius 2 is 1.81 bits per heavy atom. The first-order valence-electron chi connectivity index (χ1n) is 9.24. The Bertz CT molecular complexity index is 768. The average molecular weight is 391 g/mol. The second-order valence-electron chi connectivity index (χ2n) is 7.72. The van der Waals surface area contributed by atoms with Gasteiger partial charge in [0.1, 0.15) is 5.54 Å². The van der Waals surface area contributed by atoms with Gasteiger partial charge in [0, 0.05) is 44.8 Å². The molecule has 0 saturated carbocycles. The predicted molar refractivity (Wildman–Crippen MR) is 100 cm³/mol. The number of hydrogen-bond donors (Lipinski definition) is 1. The van der Waals surface area contributed by atoms with Gasteiger partial charge in [-0.2, -0.15) is 0 Å². The number of imide groups is 1. The SMILES string of the molecule is CN1C(=O)NC2(CCN(C(=O)C3CN(Cc4ccc(Cl)cc4)C3)CC2)C1=O. The van der Waals surface area contributed by atoms with Gasteiger partial charge < -0.3 is 10.2 Å². The summed E-state index contributed by atoms with van der Waals surface area (Å²) in [6, 6.07) is 7.42. The topological polar surface area (TPSA) is 73.0 Å². The van der Waals surface area contributed by atoms with Crippen molar-refractivity contribution in [2.24, 2.45) is 5.92 Å². The fourth-order valence-corrected chi connectivity index (χ4v) is 4.29. The molecule has 27 heavy (non-hydrogen) atoms. The number of piperidine rings is 1. The molecule has 0 atom stereocenters. The molecule has 1 spiro atoms. The molecule has 3 aliphatic heterocycles. The molecule has 0 bridgehead atoms. The molecule has 0 radical (unpaired) electrons. The number of nitrogens with zero attached hydrogens (tertiary/aromatic N) is 3. The molecular weight excluding hydrogens is 368 g/mol. The molecule has 3 saturated heterocycles. The van der Waals surface area contributed by atoms with Gasteiger partial charge in [0.15, 0.2) is 0 Å². The van der Waals surface area contributed by atoms with E-state index in [9.17, 15) is 14.4 Å². The Balaban J connectivity index is 1.27. The fraction of sp³-hybridized carbons (Fsp3) is 0.526. The number of likely N-dealkylation sites (tertiary alicyclic amines) is 2. The minimum Gasteiger partial charge on any atom is -0.342 e. The molecule has 0 unspecified atom stereocenters. The van der Waals surface area contributed by atoms with Crippen LogP contribution in [0.1, 0.15) is 18.4 Å². The summed E-state index contributed by atoms with van der Waals surface area (Å²) in [6.07, 6.45) is 0.962. The molecular formula is C19H23ClN4O3. The van der Waals surface area contributed by atoms with Gasteiger partial charge in [0.2, 0.25) is 5.91 Å². The van der Waals surface area contributed by atoms with Crippen LogP contribution in [0.25, 0.3) is 0 Å². The Kier molecular flexibility index (Phi) is 4.60. The van der Waals surface area contributed by atoms with Crippen molar-refractivity contribution in [1.29, 1.82) is 0 Å². The maximum absolute atomic E-state index is 12.7. The third-order valence-corrected chi connectivity index (χ3v) is 6.17. The Labute approximate surface area is 163 Å². The van der Waals surface area contributed by atoms with Crippen molar-refractivity contribution in [3.63, 3.8) is 0 Å². The third kappa shape index (κ3) is 3.30. The van der Waals surface area contributed by atoms with Crippen molar-refractivity contribution in [2.75, 3.05) is 33.2 Å². The first-order chi connectivity index (χ1) is 12.9. The maximum Gasteiger partial charge on any atom is 0.324 e. The largest absolute Gasteiger partial charge is 0.342 e. The lowest BCUT2D eigenvalue weighted by Gasteiger charge is -2.43. The van der Waals surface area contributed by atoms with Gasteiger partial charge in [-0.3, -0.25) is 19.4 Å². The summed E-state index contributed by atoms with van der Waals surface area (Å²) in [5.74, 6) is -0.0115. The van der Waals surface area contributed by atoms with Crippen LogP contribution in [0.4, 0.5) is 4.79 Å². The maximum atomic E-state index is 12.7. The van der Waals surface area contributed by atoms with Crippen molar-refractivity contribution < 1.29 is 14.4 Å². The van der Waals surface area contributed by atoms with Gasteiger partial charge in [-0.1, -0.05) is 23.7 Å². The van der Waals surface area contributed by atoms with Crippen LogP contribution in [-0.2, 0) is 16.1 Å². The summed E-state index contributed by atoms with van der Waals surface area (Å²) in [5.41, 5.74) is 0.368. The third-order valence-electron chi connectivity index (χ3n) is 5.92. The quantitative estimate of drug-likeness (QED) is 0.790. The van der Waals surface area contributed by atoms with Gasteiger partial charge >= 0.3 is 6.03 Å². The number of likely N-dealkylation sites (N-methyl/N-ethyl adjacent to an activating group) is 1. The summed E-state index contributed by atoms with van der Waals surface area (Å²) in [6.45, 7) is 3.33. The number of nitrogens with one attached hydrogen (secondary N) is 1. The van der Waals surface area contributed by atoms with Crippen molar-refractivity contribution >= 4 is 29.4 Å². The molecule has 4 amide bonds.